The number of carbonyl (C=O) groups excluding carboxylic acids is 2. The summed E-state index contributed by atoms with van der Waals surface area (Å²) in [6.07, 6.45) is -2.00. The first-order valence-electron chi connectivity index (χ1n) is 13.2. The van der Waals surface area contributed by atoms with Gasteiger partial charge in [0, 0.05) is 24.1 Å². The molecule has 2 N–H and O–H groups in total. The molecule has 1 amide bonds. The van der Waals surface area contributed by atoms with Gasteiger partial charge in [0.15, 0.2) is 0 Å². The predicted molar refractivity (Wildman–Crippen MR) is 148 cm³/mol. The molecule has 41 heavy (non-hydrogen) atoms. The zero-order valence-corrected chi connectivity index (χ0v) is 21.9. The Balaban J connectivity index is 1.02. The molecule has 0 unspecified atom stereocenters. The summed E-state index contributed by atoms with van der Waals surface area (Å²) in [5.74, 6) is -0.408. The lowest BCUT2D eigenvalue weighted by Gasteiger charge is -2.17. The zero-order chi connectivity index (χ0) is 28.3. The largest absolute Gasteiger partial charge is 0.508 e. The van der Waals surface area contributed by atoms with Crippen LogP contribution in [0.25, 0.3) is 11.1 Å². The Morgan fingerprint density at radius 2 is 1.54 bits per heavy atom. The monoisotopic (exact) mass is 553 g/mol. The van der Waals surface area contributed by atoms with Crippen LogP contribution in [0.2, 0.25) is 0 Å². The molecule has 1 saturated heterocycles. The smallest absolute Gasteiger partial charge is 0.433 e. The number of nitrogens with zero attached hydrogens (tertiary/aromatic N) is 2. The van der Waals surface area contributed by atoms with Crippen LogP contribution in [-0.2, 0) is 14.2 Å². The lowest BCUT2D eigenvalue weighted by molar-refractivity contribution is -0.0589. The van der Waals surface area contributed by atoms with E-state index in [2.05, 4.69) is 22.4 Å². The molecule has 1 aromatic heterocycles. The van der Waals surface area contributed by atoms with Gasteiger partial charge < -0.3 is 24.6 Å². The number of hydrogen-bond donors (Lipinski definition) is 2. The van der Waals surface area contributed by atoms with Gasteiger partial charge in [0.05, 0.1) is 6.10 Å². The van der Waals surface area contributed by atoms with Crippen LogP contribution < -0.4 is 11.0 Å². The summed E-state index contributed by atoms with van der Waals surface area (Å²) in [6, 6.07) is 26.1. The molecule has 0 radical (unpaired) electrons. The Morgan fingerprint density at radius 3 is 2.22 bits per heavy atom. The van der Waals surface area contributed by atoms with E-state index in [-0.39, 0.29) is 31.4 Å². The zero-order valence-electron chi connectivity index (χ0n) is 21.9. The van der Waals surface area contributed by atoms with Crippen LogP contribution in [0.1, 0.15) is 40.1 Å². The van der Waals surface area contributed by atoms with Crippen molar-refractivity contribution in [3.63, 3.8) is 0 Å². The van der Waals surface area contributed by atoms with Gasteiger partial charge in [-0.15, -0.1) is 0 Å². The van der Waals surface area contributed by atoms with E-state index in [0.717, 1.165) is 22.3 Å². The van der Waals surface area contributed by atoms with Crippen LogP contribution in [0.4, 0.5) is 10.6 Å². The Morgan fingerprint density at radius 1 is 0.902 bits per heavy atom. The molecule has 2 aliphatic rings. The molecule has 6 rings (SSSR count). The van der Waals surface area contributed by atoms with Gasteiger partial charge in [-0.1, -0.05) is 66.7 Å². The molecule has 3 atom stereocenters. The van der Waals surface area contributed by atoms with E-state index in [1.165, 1.54) is 16.8 Å². The Hall–Kier alpha value is -4.80. The Bertz CT molecular complexity index is 1590. The van der Waals surface area contributed by atoms with E-state index in [0.29, 0.717) is 5.56 Å². The molecule has 10 heteroatoms. The summed E-state index contributed by atoms with van der Waals surface area (Å²) in [4.78, 5) is 41.3. The number of fused-ring (bicyclic) bond motifs is 3. The molecular weight excluding hydrogens is 526 g/mol. The van der Waals surface area contributed by atoms with Crippen LogP contribution in [0.15, 0.2) is 95.9 Å². The summed E-state index contributed by atoms with van der Waals surface area (Å²) in [7, 11) is 0. The van der Waals surface area contributed by atoms with E-state index < -0.39 is 36.2 Å². The average molecular weight is 554 g/mol. The van der Waals surface area contributed by atoms with Crippen molar-refractivity contribution in [1.29, 1.82) is 0 Å². The molecule has 1 fully saturated rings. The highest BCUT2D eigenvalue weighted by molar-refractivity contribution is 6.03. The van der Waals surface area contributed by atoms with Gasteiger partial charge in [-0.3, -0.25) is 9.36 Å². The van der Waals surface area contributed by atoms with Crippen LogP contribution in [0.5, 0.6) is 0 Å². The van der Waals surface area contributed by atoms with E-state index in [1.54, 1.807) is 30.3 Å². The van der Waals surface area contributed by atoms with Crippen molar-refractivity contribution in [2.24, 2.45) is 0 Å². The van der Waals surface area contributed by atoms with Crippen LogP contribution in [0.3, 0.4) is 0 Å². The third kappa shape index (κ3) is 5.47. The van der Waals surface area contributed by atoms with E-state index in [1.807, 2.05) is 36.4 Å². The number of amides is 1. The van der Waals surface area contributed by atoms with Crippen LogP contribution in [0, 0.1) is 0 Å². The van der Waals surface area contributed by atoms with Crippen molar-refractivity contribution in [2.45, 2.75) is 30.8 Å². The minimum absolute atomic E-state index is 0.0915. The first-order valence-corrected chi connectivity index (χ1v) is 13.2. The number of nitrogens with one attached hydrogen (secondary N) is 1. The average Bonchev–Trinajstić information content (AvgIpc) is 3.52. The number of aliphatic hydroxyl groups is 1. The number of rotatable bonds is 7. The standard InChI is InChI=1S/C31H27N3O7/c35-25-16-28(34-15-14-27(33-30(34)37)32-29(36)19-8-2-1-3-9-19)41-26(25)18-40-31(38)39-17-24-22-12-6-4-10-20(22)21-11-5-7-13-23(21)24/h1-15,24-26,28,35H,16-18H2,(H,32,33,36,37)/t25-,26+,28+/m0/s1. The topological polar surface area (TPSA) is 129 Å². The fraction of sp³-hybridized carbons (Fsp3) is 0.226. The second kappa shape index (κ2) is 11.4. The number of ether oxygens (including phenoxy) is 3. The molecule has 208 valence electrons. The summed E-state index contributed by atoms with van der Waals surface area (Å²) in [5, 5.41) is 13.1. The Kier molecular flexibility index (Phi) is 7.32. The molecule has 4 aromatic rings. The maximum absolute atomic E-state index is 12.6. The van der Waals surface area contributed by atoms with Crippen LogP contribution in [-0.4, -0.2) is 52.1 Å². The summed E-state index contributed by atoms with van der Waals surface area (Å²) < 4.78 is 17.7. The number of benzene rings is 3. The van der Waals surface area contributed by atoms with E-state index in [9.17, 15) is 19.5 Å². The summed E-state index contributed by atoms with van der Waals surface area (Å²) >= 11 is 0. The molecule has 0 saturated carbocycles. The molecule has 0 bridgehead atoms. The summed E-state index contributed by atoms with van der Waals surface area (Å²) in [5.41, 5.74) is 4.18. The lowest BCUT2D eigenvalue weighted by Crippen LogP contribution is -2.30. The summed E-state index contributed by atoms with van der Waals surface area (Å²) in [6.45, 7) is -0.139. The van der Waals surface area contributed by atoms with Gasteiger partial charge in [-0.2, -0.15) is 4.98 Å². The Labute approximate surface area is 235 Å². The maximum Gasteiger partial charge on any atom is 0.508 e. The molecule has 1 aliphatic carbocycles. The van der Waals surface area contributed by atoms with Gasteiger partial charge in [0.1, 0.15) is 31.4 Å². The first kappa shape index (κ1) is 26.4. The van der Waals surface area contributed by atoms with Gasteiger partial charge in [-0.05, 0) is 40.5 Å². The van der Waals surface area contributed by atoms with Gasteiger partial charge >= 0.3 is 11.8 Å². The molecule has 10 nitrogen and oxygen atoms in total. The van der Waals surface area contributed by atoms with E-state index >= 15 is 0 Å². The maximum atomic E-state index is 12.6. The third-order valence-corrected chi connectivity index (χ3v) is 7.32. The third-order valence-electron chi connectivity index (χ3n) is 7.32. The van der Waals surface area contributed by atoms with Crippen molar-refractivity contribution in [3.8, 4) is 11.1 Å². The van der Waals surface area contributed by atoms with Gasteiger partial charge in [-0.25, -0.2) is 9.59 Å². The highest BCUT2D eigenvalue weighted by Crippen LogP contribution is 2.44. The second-order valence-corrected chi connectivity index (χ2v) is 9.85. The first-order chi connectivity index (χ1) is 20.0. The van der Waals surface area contributed by atoms with Crippen molar-refractivity contribution in [1.82, 2.24) is 9.55 Å². The van der Waals surface area contributed by atoms with Crippen molar-refractivity contribution >= 4 is 17.9 Å². The van der Waals surface area contributed by atoms with Crippen molar-refractivity contribution in [2.75, 3.05) is 18.5 Å². The number of carbonyl (C=O) groups is 2. The number of hydrogen-bond acceptors (Lipinski definition) is 8. The number of anilines is 1. The van der Waals surface area contributed by atoms with Crippen molar-refractivity contribution < 1.29 is 28.9 Å². The van der Waals surface area contributed by atoms with Gasteiger partial charge in [0.2, 0.25) is 0 Å². The van der Waals surface area contributed by atoms with Crippen LogP contribution >= 0.6 is 0 Å². The fourth-order valence-corrected chi connectivity index (χ4v) is 5.30. The predicted octanol–water partition coefficient (Wildman–Crippen LogP) is 4.11. The molecule has 0 spiro atoms. The minimum Gasteiger partial charge on any atom is -0.433 e. The van der Waals surface area contributed by atoms with Crippen molar-refractivity contribution in [3.05, 3.63) is 118 Å². The number of aromatic nitrogens is 2. The highest BCUT2D eigenvalue weighted by Gasteiger charge is 2.37. The normalized spacial score (nSPS) is 19.3. The quantitative estimate of drug-likeness (QED) is 0.327. The molecule has 2 heterocycles. The SMILES string of the molecule is O=C(OCC1c2ccccc2-c2ccccc21)OC[C@H]1O[C@@H](n2ccc(NC(=O)c3ccccc3)nc2=O)C[C@@H]1O. The lowest BCUT2D eigenvalue weighted by atomic mass is 9.98. The minimum atomic E-state index is -0.981. The van der Waals surface area contributed by atoms with Gasteiger partial charge in [0.25, 0.3) is 5.91 Å². The molecule has 1 aliphatic heterocycles. The molecule has 3 aromatic carbocycles. The van der Waals surface area contributed by atoms with E-state index in [4.69, 9.17) is 14.2 Å². The fourth-order valence-electron chi connectivity index (χ4n) is 5.30. The molecular formula is C31H27N3O7. The highest BCUT2D eigenvalue weighted by atomic mass is 16.7. The second-order valence-electron chi connectivity index (χ2n) is 9.85. The number of aliphatic hydroxyl groups excluding tert-OH is 1.